The average Bonchev–Trinajstić information content (AvgIpc) is 3.01. The van der Waals surface area contributed by atoms with Crippen molar-refractivity contribution < 1.29 is 19.1 Å². The number of hydrogen-bond acceptors (Lipinski definition) is 3. The summed E-state index contributed by atoms with van der Waals surface area (Å²) in [5.74, 6) is -0.972. The van der Waals surface area contributed by atoms with Crippen molar-refractivity contribution in [3.63, 3.8) is 0 Å². The van der Waals surface area contributed by atoms with Crippen LogP contribution in [0.4, 0.5) is 0 Å². The summed E-state index contributed by atoms with van der Waals surface area (Å²) >= 11 is 0. The number of amides is 1. The van der Waals surface area contributed by atoms with Gasteiger partial charge in [-0.05, 0) is 44.7 Å². The third-order valence-electron chi connectivity index (χ3n) is 4.48. The first kappa shape index (κ1) is 13.2. The number of rotatable bonds is 5. The minimum atomic E-state index is -0.851. The predicted molar refractivity (Wildman–Crippen MR) is 70.8 cm³/mol. The normalized spacial score (nSPS) is 26.6. The molecule has 2 fully saturated rings. The molecule has 1 amide bonds. The molecule has 0 radical (unpaired) electrons. The maximum atomic E-state index is 12.7. The third-order valence-corrected chi connectivity index (χ3v) is 4.48. The number of nitrogens with zero attached hydrogens (tertiary/aromatic N) is 1. The van der Waals surface area contributed by atoms with Gasteiger partial charge in [-0.2, -0.15) is 0 Å². The Morgan fingerprint density at radius 2 is 2.00 bits per heavy atom. The van der Waals surface area contributed by atoms with Crippen LogP contribution in [-0.2, 0) is 9.59 Å². The molecule has 5 heteroatoms. The van der Waals surface area contributed by atoms with Crippen molar-refractivity contribution in [1.82, 2.24) is 4.90 Å². The highest BCUT2D eigenvalue weighted by Gasteiger charge is 2.47. The summed E-state index contributed by atoms with van der Waals surface area (Å²) in [4.78, 5) is 25.6. The molecule has 0 saturated heterocycles. The van der Waals surface area contributed by atoms with Gasteiger partial charge >= 0.3 is 5.97 Å². The fourth-order valence-electron chi connectivity index (χ4n) is 2.99. The minimum Gasteiger partial charge on any atom is -0.481 e. The van der Waals surface area contributed by atoms with Crippen LogP contribution in [0.2, 0.25) is 0 Å². The van der Waals surface area contributed by atoms with Crippen molar-refractivity contribution >= 4 is 11.9 Å². The zero-order chi connectivity index (χ0) is 14.3. The minimum absolute atomic E-state index is 0.0185. The smallest absolute Gasteiger partial charge is 0.307 e. The van der Waals surface area contributed by atoms with Crippen molar-refractivity contribution in [2.24, 2.45) is 11.8 Å². The molecule has 20 heavy (non-hydrogen) atoms. The van der Waals surface area contributed by atoms with Crippen LogP contribution >= 0.6 is 0 Å². The van der Waals surface area contributed by atoms with Gasteiger partial charge in [0.15, 0.2) is 0 Å². The Labute approximate surface area is 117 Å². The number of carboxylic acids is 1. The number of hydrogen-bond donors (Lipinski definition) is 1. The van der Waals surface area contributed by atoms with E-state index in [1.165, 1.54) is 0 Å². The largest absolute Gasteiger partial charge is 0.481 e. The lowest BCUT2D eigenvalue weighted by atomic mass is 9.72. The summed E-state index contributed by atoms with van der Waals surface area (Å²) in [7, 11) is 0. The van der Waals surface area contributed by atoms with Gasteiger partial charge in [0.1, 0.15) is 5.76 Å². The molecule has 1 aromatic heterocycles. The van der Waals surface area contributed by atoms with Gasteiger partial charge < -0.3 is 14.4 Å². The second-order valence-electron chi connectivity index (χ2n) is 5.80. The van der Waals surface area contributed by atoms with Gasteiger partial charge in [-0.1, -0.05) is 0 Å². The van der Waals surface area contributed by atoms with Crippen LogP contribution in [-0.4, -0.2) is 27.9 Å². The van der Waals surface area contributed by atoms with Gasteiger partial charge in [0.05, 0.1) is 24.1 Å². The summed E-state index contributed by atoms with van der Waals surface area (Å²) in [6.07, 6.45) is 4.90. The second kappa shape index (κ2) is 4.96. The van der Waals surface area contributed by atoms with E-state index in [-0.39, 0.29) is 23.9 Å². The van der Waals surface area contributed by atoms with Gasteiger partial charge in [-0.25, -0.2) is 0 Å². The molecule has 2 aliphatic carbocycles. The lowest BCUT2D eigenvalue weighted by molar-refractivity contribution is -0.158. The van der Waals surface area contributed by atoms with Gasteiger partial charge in [-0.15, -0.1) is 0 Å². The maximum absolute atomic E-state index is 12.7. The Kier molecular flexibility index (Phi) is 3.28. The summed E-state index contributed by atoms with van der Waals surface area (Å²) in [6, 6.07) is 3.80. The van der Waals surface area contributed by atoms with E-state index in [9.17, 15) is 9.59 Å². The Bertz CT molecular complexity index is 506. The molecule has 1 N–H and O–H groups in total. The molecular weight excluding hydrogens is 258 g/mol. The Morgan fingerprint density at radius 3 is 2.45 bits per heavy atom. The number of carboxylic acid groups (broad SMARTS) is 1. The van der Waals surface area contributed by atoms with E-state index in [2.05, 4.69) is 0 Å². The van der Waals surface area contributed by atoms with E-state index >= 15 is 0 Å². The molecule has 0 bridgehead atoms. The monoisotopic (exact) mass is 277 g/mol. The molecule has 3 unspecified atom stereocenters. The quantitative estimate of drug-likeness (QED) is 0.897. The third kappa shape index (κ3) is 2.21. The molecule has 108 valence electrons. The summed E-state index contributed by atoms with van der Waals surface area (Å²) < 4.78 is 5.40. The van der Waals surface area contributed by atoms with E-state index in [4.69, 9.17) is 9.52 Å². The van der Waals surface area contributed by atoms with Gasteiger partial charge in [0.2, 0.25) is 5.91 Å². The van der Waals surface area contributed by atoms with Gasteiger partial charge in [-0.3, -0.25) is 9.59 Å². The molecule has 5 nitrogen and oxygen atoms in total. The van der Waals surface area contributed by atoms with Crippen LogP contribution in [0.1, 0.15) is 44.4 Å². The molecule has 0 aliphatic heterocycles. The zero-order valence-corrected chi connectivity index (χ0v) is 11.5. The predicted octanol–water partition coefficient (Wildman–Crippen LogP) is 2.44. The molecule has 3 rings (SSSR count). The fraction of sp³-hybridized carbons (Fsp3) is 0.600. The highest BCUT2D eigenvalue weighted by molar-refractivity contribution is 5.87. The van der Waals surface area contributed by atoms with Crippen LogP contribution in [0.5, 0.6) is 0 Å². The molecule has 1 aromatic rings. The van der Waals surface area contributed by atoms with Crippen LogP contribution in [0.15, 0.2) is 22.8 Å². The Morgan fingerprint density at radius 1 is 1.30 bits per heavy atom. The van der Waals surface area contributed by atoms with Crippen LogP contribution in [0.3, 0.4) is 0 Å². The highest BCUT2D eigenvalue weighted by atomic mass is 16.4. The number of aliphatic carboxylic acids is 1. The summed E-state index contributed by atoms with van der Waals surface area (Å²) in [5, 5.41) is 9.12. The van der Waals surface area contributed by atoms with E-state index in [0.717, 1.165) is 18.6 Å². The molecule has 2 saturated carbocycles. The van der Waals surface area contributed by atoms with Crippen LogP contribution in [0, 0.1) is 11.8 Å². The zero-order valence-electron chi connectivity index (χ0n) is 11.5. The first-order valence-corrected chi connectivity index (χ1v) is 7.18. The topological polar surface area (TPSA) is 70.8 Å². The molecule has 2 aliphatic rings. The fourth-order valence-corrected chi connectivity index (χ4v) is 2.99. The lowest BCUT2D eigenvalue weighted by Crippen LogP contribution is -2.47. The molecule has 0 aromatic carbocycles. The van der Waals surface area contributed by atoms with Crippen molar-refractivity contribution in [2.75, 3.05) is 0 Å². The number of carbonyl (C=O) groups is 2. The summed E-state index contributed by atoms with van der Waals surface area (Å²) in [5.41, 5.74) is 0. The molecule has 3 atom stereocenters. The standard InChI is InChI=1S/C15H19NO4/c1-9(13-3-2-8-20-13)16(10-4-5-10)14(17)11-6-7-12(11)15(18)19/h2-3,8-12H,4-7H2,1H3,(H,18,19). The van der Waals surface area contributed by atoms with Crippen molar-refractivity contribution in [1.29, 1.82) is 0 Å². The van der Waals surface area contributed by atoms with E-state index in [1.54, 1.807) is 6.26 Å². The second-order valence-corrected chi connectivity index (χ2v) is 5.80. The summed E-state index contributed by atoms with van der Waals surface area (Å²) in [6.45, 7) is 1.95. The highest BCUT2D eigenvalue weighted by Crippen LogP contribution is 2.41. The van der Waals surface area contributed by atoms with E-state index in [0.29, 0.717) is 12.8 Å². The average molecular weight is 277 g/mol. The Balaban J connectivity index is 1.77. The number of carbonyl (C=O) groups excluding carboxylic acids is 1. The van der Waals surface area contributed by atoms with Crippen LogP contribution < -0.4 is 0 Å². The van der Waals surface area contributed by atoms with Gasteiger partial charge in [0, 0.05) is 6.04 Å². The van der Waals surface area contributed by atoms with Crippen molar-refractivity contribution in [3.05, 3.63) is 24.2 Å². The first-order chi connectivity index (χ1) is 9.59. The first-order valence-electron chi connectivity index (χ1n) is 7.18. The van der Waals surface area contributed by atoms with Gasteiger partial charge in [0.25, 0.3) is 0 Å². The number of furan rings is 1. The molecule has 1 heterocycles. The lowest BCUT2D eigenvalue weighted by Gasteiger charge is -2.38. The van der Waals surface area contributed by atoms with Crippen molar-refractivity contribution in [2.45, 2.75) is 44.7 Å². The van der Waals surface area contributed by atoms with E-state index < -0.39 is 11.9 Å². The molecule has 0 spiro atoms. The van der Waals surface area contributed by atoms with Crippen LogP contribution in [0.25, 0.3) is 0 Å². The Hall–Kier alpha value is -1.78. The van der Waals surface area contributed by atoms with E-state index in [1.807, 2.05) is 24.0 Å². The van der Waals surface area contributed by atoms with Crippen molar-refractivity contribution in [3.8, 4) is 0 Å². The SMILES string of the molecule is CC(c1ccco1)N(C(=O)C1CCC1C(=O)O)C1CC1. The molecular formula is C15H19NO4. The maximum Gasteiger partial charge on any atom is 0.307 e.